The molecule has 0 aromatic heterocycles. The number of rotatable bonds is 5. The predicted molar refractivity (Wildman–Crippen MR) is 58.9 cm³/mol. The first-order chi connectivity index (χ1) is 5.87. The average Bonchev–Trinajstić information content (AvgIpc) is 1.96. The third-order valence-corrected chi connectivity index (χ3v) is 2.25. The summed E-state index contributed by atoms with van der Waals surface area (Å²) in [5.41, 5.74) is 5.35. The summed E-state index contributed by atoms with van der Waals surface area (Å²) < 4.78 is 0. The highest BCUT2D eigenvalue weighted by molar-refractivity contribution is 7.98. The van der Waals surface area contributed by atoms with Gasteiger partial charge in [0.15, 0.2) is 0 Å². The Kier molecular flexibility index (Phi) is 5.40. The van der Waals surface area contributed by atoms with Gasteiger partial charge in [0.05, 0.1) is 0 Å². The fourth-order valence-corrected chi connectivity index (χ4v) is 1.33. The Bertz CT molecular complexity index is 165. The van der Waals surface area contributed by atoms with Crippen molar-refractivity contribution in [1.29, 1.82) is 0 Å². The molecule has 0 atom stereocenters. The zero-order valence-corrected chi connectivity index (χ0v) is 9.78. The van der Waals surface area contributed by atoms with Crippen LogP contribution in [-0.2, 0) is 4.79 Å². The van der Waals surface area contributed by atoms with E-state index in [1.807, 2.05) is 27.2 Å². The topological polar surface area (TPSA) is 46.3 Å². The van der Waals surface area contributed by atoms with Gasteiger partial charge in [-0.2, -0.15) is 11.8 Å². The zero-order chi connectivity index (χ0) is 10.5. The fourth-order valence-electron chi connectivity index (χ4n) is 0.878. The van der Waals surface area contributed by atoms with Crippen LogP contribution in [0.4, 0.5) is 0 Å². The highest BCUT2D eigenvalue weighted by Crippen LogP contribution is 2.06. The van der Waals surface area contributed by atoms with Crippen molar-refractivity contribution in [3.05, 3.63) is 0 Å². The number of amides is 1. The van der Waals surface area contributed by atoms with E-state index in [4.69, 9.17) is 5.73 Å². The Morgan fingerprint density at radius 2 is 2.08 bits per heavy atom. The zero-order valence-electron chi connectivity index (χ0n) is 8.96. The molecule has 78 valence electrons. The van der Waals surface area contributed by atoms with E-state index in [0.717, 1.165) is 12.3 Å². The second-order valence-corrected chi connectivity index (χ2v) is 4.96. The van der Waals surface area contributed by atoms with E-state index in [0.29, 0.717) is 6.42 Å². The maximum absolute atomic E-state index is 11.5. The molecule has 4 heteroatoms. The molecule has 0 aliphatic heterocycles. The SMILES string of the molecule is CSCCN(C)C(=O)CC(C)(C)N. The summed E-state index contributed by atoms with van der Waals surface area (Å²) in [7, 11) is 1.82. The van der Waals surface area contributed by atoms with E-state index in [1.165, 1.54) is 0 Å². The second kappa shape index (κ2) is 5.50. The number of thioether (sulfide) groups is 1. The maximum Gasteiger partial charge on any atom is 0.224 e. The summed E-state index contributed by atoms with van der Waals surface area (Å²) >= 11 is 1.74. The van der Waals surface area contributed by atoms with Crippen LogP contribution in [0.5, 0.6) is 0 Å². The molecule has 0 unspecified atom stereocenters. The van der Waals surface area contributed by atoms with Crippen molar-refractivity contribution in [1.82, 2.24) is 4.90 Å². The molecular formula is C9H20N2OS. The normalized spacial score (nSPS) is 11.5. The number of hydrogen-bond acceptors (Lipinski definition) is 3. The van der Waals surface area contributed by atoms with Gasteiger partial charge in [-0.1, -0.05) is 0 Å². The molecule has 2 N–H and O–H groups in total. The summed E-state index contributed by atoms with van der Waals surface area (Å²) in [6, 6.07) is 0. The van der Waals surface area contributed by atoms with Gasteiger partial charge in [0.2, 0.25) is 5.91 Å². The molecule has 0 aromatic carbocycles. The van der Waals surface area contributed by atoms with Crippen molar-refractivity contribution in [2.75, 3.05) is 25.6 Å². The maximum atomic E-state index is 11.5. The molecule has 3 nitrogen and oxygen atoms in total. The average molecular weight is 204 g/mol. The number of hydrogen-bond donors (Lipinski definition) is 1. The van der Waals surface area contributed by atoms with E-state index in [2.05, 4.69) is 0 Å². The number of carbonyl (C=O) groups is 1. The molecule has 0 heterocycles. The lowest BCUT2D eigenvalue weighted by atomic mass is 10.0. The Morgan fingerprint density at radius 3 is 2.46 bits per heavy atom. The second-order valence-electron chi connectivity index (χ2n) is 3.97. The summed E-state index contributed by atoms with van der Waals surface area (Å²) in [5, 5.41) is 0. The smallest absolute Gasteiger partial charge is 0.224 e. The van der Waals surface area contributed by atoms with Crippen LogP contribution in [0.3, 0.4) is 0 Å². The summed E-state index contributed by atoms with van der Waals surface area (Å²) in [4.78, 5) is 13.2. The van der Waals surface area contributed by atoms with Crippen LogP contribution in [-0.4, -0.2) is 41.9 Å². The van der Waals surface area contributed by atoms with Gasteiger partial charge in [0.25, 0.3) is 0 Å². The highest BCUT2D eigenvalue weighted by Gasteiger charge is 2.18. The first kappa shape index (κ1) is 12.8. The molecule has 0 saturated heterocycles. The minimum atomic E-state index is -0.398. The van der Waals surface area contributed by atoms with Gasteiger partial charge in [-0.05, 0) is 20.1 Å². The molecule has 0 radical (unpaired) electrons. The molecule has 1 amide bonds. The monoisotopic (exact) mass is 204 g/mol. The lowest BCUT2D eigenvalue weighted by Crippen LogP contribution is -2.40. The molecule has 0 rings (SSSR count). The third kappa shape index (κ3) is 6.90. The molecule has 0 aromatic rings. The first-order valence-electron chi connectivity index (χ1n) is 4.38. The van der Waals surface area contributed by atoms with Gasteiger partial charge in [-0.15, -0.1) is 0 Å². The Labute approximate surface area is 85.0 Å². The first-order valence-corrected chi connectivity index (χ1v) is 5.78. The standard InChI is InChI=1S/C9H20N2OS/c1-9(2,10)7-8(12)11(3)5-6-13-4/h5-7,10H2,1-4H3. The van der Waals surface area contributed by atoms with Crippen LogP contribution >= 0.6 is 11.8 Å². The Balaban J connectivity index is 3.83. The molecule has 0 saturated carbocycles. The van der Waals surface area contributed by atoms with Crippen LogP contribution in [0, 0.1) is 0 Å². The highest BCUT2D eigenvalue weighted by atomic mass is 32.2. The minimum absolute atomic E-state index is 0.126. The number of nitrogens with zero attached hydrogens (tertiary/aromatic N) is 1. The van der Waals surface area contributed by atoms with E-state index in [9.17, 15) is 4.79 Å². The van der Waals surface area contributed by atoms with Gasteiger partial charge >= 0.3 is 0 Å². The third-order valence-electron chi connectivity index (χ3n) is 1.66. The molecule has 0 bridgehead atoms. The fraction of sp³-hybridized carbons (Fsp3) is 0.889. The molecule has 0 fully saturated rings. The van der Waals surface area contributed by atoms with Crippen LogP contribution in [0.15, 0.2) is 0 Å². The lowest BCUT2D eigenvalue weighted by molar-refractivity contribution is -0.130. The molecule has 13 heavy (non-hydrogen) atoms. The molecule has 0 aliphatic rings. The Morgan fingerprint density at radius 1 is 1.54 bits per heavy atom. The van der Waals surface area contributed by atoms with Crippen LogP contribution in [0.1, 0.15) is 20.3 Å². The van der Waals surface area contributed by atoms with E-state index in [-0.39, 0.29) is 5.91 Å². The van der Waals surface area contributed by atoms with E-state index >= 15 is 0 Å². The van der Waals surface area contributed by atoms with Crippen molar-refractivity contribution in [2.45, 2.75) is 25.8 Å². The number of carbonyl (C=O) groups excluding carboxylic acids is 1. The van der Waals surface area contributed by atoms with Crippen LogP contribution in [0.2, 0.25) is 0 Å². The van der Waals surface area contributed by atoms with Crippen molar-refractivity contribution in [2.24, 2.45) is 5.73 Å². The van der Waals surface area contributed by atoms with Gasteiger partial charge in [-0.25, -0.2) is 0 Å². The van der Waals surface area contributed by atoms with Gasteiger partial charge in [0, 0.05) is 31.3 Å². The summed E-state index contributed by atoms with van der Waals surface area (Å²) in [5.74, 6) is 1.11. The number of nitrogens with two attached hydrogens (primary N) is 1. The van der Waals surface area contributed by atoms with Gasteiger partial charge < -0.3 is 10.6 Å². The molecule has 0 spiro atoms. The van der Waals surface area contributed by atoms with Crippen molar-refractivity contribution >= 4 is 17.7 Å². The van der Waals surface area contributed by atoms with Crippen LogP contribution < -0.4 is 5.73 Å². The van der Waals surface area contributed by atoms with Crippen molar-refractivity contribution in [3.63, 3.8) is 0 Å². The molecular weight excluding hydrogens is 184 g/mol. The van der Waals surface area contributed by atoms with Crippen molar-refractivity contribution in [3.8, 4) is 0 Å². The quantitative estimate of drug-likeness (QED) is 0.725. The minimum Gasteiger partial charge on any atom is -0.345 e. The summed E-state index contributed by atoms with van der Waals surface area (Å²) in [6.07, 6.45) is 2.45. The van der Waals surface area contributed by atoms with E-state index in [1.54, 1.807) is 16.7 Å². The van der Waals surface area contributed by atoms with Gasteiger partial charge in [0.1, 0.15) is 0 Å². The van der Waals surface area contributed by atoms with Gasteiger partial charge in [-0.3, -0.25) is 4.79 Å². The predicted octanol–water partition coefficient (Wildman–Crippen LogP) is 0.935. The van der Waals surface area contributed by atoms with Crippen molar-refractivity contribution < 1.29 is 4.79 Å². The lowest BCUT2D eigenvalue weighted by Gasteiger charge is -2.22. The molecule has 0 aliphatic carbocycles. The largest absolute Gasteiger partial charge is 0.345 e. The Hall–Kier alpha value is -0.220. The van der Waals surface area contributed by atoms with E-state index < -0.39 is 5.54 Å². The summed E-state index contributed by atoms with van der Waals surface area (Å²) in [6.45, 7) is 4.54. The van der Waals surface area contributed by atoms with Crippen LogP contribution in [0.25, 0.3) is 0 Å².